The monoisotopic (exact) mass is 802 g/mol. The van der Waals surface area contributed by atoms with Crippen molar-refractivity contribution in [1.29, 1.82) is 5.26 Å². The van der Waals surface area contributed by atoms with Gasteiger partial charge < -0.3 is 32.7 Å². The van der Waals surface area contributed by atoms with E-state index in [-0.39, 0.29) is 37.1 Å². The van der Waals surface area contributed by atoms with E-state index in [2.05, 4.69) is 11.1 Å². The number of nitrogens with one attached hydrogen (secondary N) is 1. The van der Waals surface area contributed by atoms with Crippen LogP contribution in [0.4, 0.5) is 4.39 Å². The molecule has 302 valence electrons. The van der Waals surface area contributed by atoms with Gasteiger partial charge in [0.1, 0.15) is 34.9 Å². The summed E-state index contributed by atoms with van der Waals surface area (Å²) in [5.74, 6) is -0.351. The van der Waals surface area contributed by atoms with Crippen molar-refractivity contribution in [3.63, 3.8) is 0 Å². The quantitative estimate of drug-likeness (QED) is 0.0563. The van der Waals surface area contributed by atoms with Crippen LogP contribution in [0.15, 0.2) is 94.6 Å². The van der Waals surface area contributed by atoms with Gasteiger partial charge in [0.15, 0.2) is 12.4 Å². The van der Waals surface area contributed by atoms with Crippen molar-refractivity contribution in [3.8, 4) is 17.6 Å². The fraction of sp³-hybridized carbons (Fsp3) is 0.452. The minimum absolute atomic E-state index is 0.0208. The number of aromatic amines is 1. The van der Waals surface area contributed by atoms with Gasteiger partial charge in [-0.2, -0.15) is 5.26 Å². The molecule has 1 aliphatic carbocycles. The number of fused-ring (bicyclic) bond motifs is 3. The number of methoxy groups -OCH3 is 2. The number of epoxide rings is 1. The van der Waals surface area contributed by atoms with E-state index in [0.29, 0.717) is 22.6 Å². The maximum atomic E-state index is 17.9. The number of hydrogen-bond donors (Lipinski definition) is 1. The van der Waals surface area contributed by atoms with Gasteiger partial charge >= 0.3 is 5.69 Å². The molecule has 2 saturated heterocycles. The van der Waals surface area contributed by atoms with Gasteiger partial charge in [-0.3, -0.25) is 14.3 Å². The maximum Gasteiger partial charge on any atom is 0.330 e. The first-order valence-corrected chi connectivity index (χ1v) is 20.1. The van der Waals surface area contributed by atoms with E-state index in [9.17, 15) is 14.9 Å². The van der Waals surface area contributed by atoms with Crippen LogP contribution in [-0.4, -0.2) is 76.9 Å². The summed E-state index contributed by atoms with van der Waals surface area (Å²) in [6, 6.07) is 26.6. The zero-order valence-electron chi connectivity index (χ0n) is 33.0. The highest BCUT2D eigenvalue weighted by molar-refractivity contribution is 7.44. The van der Waals surface area contributed by atoms with Crippen LogP contribution < -0.4 is 20.7 Å². The maximum absolute atomic E-state index is 17.9. The second-order valence-electron chi connectivity index (χ2n) is 15.0. The molecule has 0 spiro atoms. The highest BCUT2D eigenvalue weighted by Gasteiger charge is 2.85. The molecule has 3 aliphatic rings. The summed E-state index contributed by atoms with van der Waals surface area (Å²) in [6.07, 6.45) is -4.13. The van der Waals surface area contributed by atoms with E-state index in [1.165, 1.54) is 13.1 Å². The molecule has 7 rings (SSSR count). The van der Waals surface area contributed by atoms with Crippen LogP contribution in [0.1, 0.15) is 69.0 Å². The van der Waals surface area contributed by atoms with Crippen molar-refractivity contribution >= 4 is 8.53 Å². The fourth-order valence-electron chi connectivity index (χ4n) is 8.19. The lowest BCUT2D eigenvalue weighted by molar-refractivity contribution is -0.209. The van der Waals surface area contributed by atoms with Gasteiger partial charge in [0.2, 0.25) is 5.79 Å². The highest BCUT2D eigenvalue weighted by Crippen LogP contribution is 2.69. The molecule has 0 amide bonds. The topological polar surface area (TPSA) is 150 Å². The Morgan fingerprint density at radius 2 is 1.54 bits per heavy atom. The van der Waals surface area contributed by atoms with Gasteiger partial charge in [0.25, 0.3) is 14.1 Å². The average Bonchev–Trinajstić information content (AvgIpc) is 3.71. The van der Waals surface area contributed by atoms with Crippen molar-refractivity contribution in [1.82, 2.24) is 14.2 Å². The van der Waals surface area contributed by atoms with Crippen molar-refractivity contribution in [2.45, 2.75) is 101 Å². The summed E-state index contributed by atoms with van der Waals surface area (Å²) in [7, 11) is 1.16. The second kappa shape index (κ2) is 16.1. The van der Waals surface area contributed by atoms with E-state index in [0.717, 1.165) is 10.1 Å². The Bertz CT molecular complexity index is 2140. The molecular formula is C42H48FN4O9P. The first kappa shape index (κ1) is 40.7. The number of nitrogens with zero attached hydrogens (tertiary/aromatic N) is 3. The zero-order chi connectivity index (χ0) is 40.7. The Hall–Kier alpha value is -4.45. The Kier molecular flexibility index (Phi) is 11.5. The molecule has 13 nitrogen and oxygen atoms in total. The Labute approximate surface area is 332 Å². The van der Waals surface area contributed by atoms with Crippen molar-refractivity contribution in [3.05, 3.63) is 128 Å². The van der Waals surface area contributed by atoms with E-state index >= 15 is 4.39 Å². The van der Waals surface area contributed by atoms with E-state index in [4.69, 9.17) is 32.7 Å². The number of aromatic nitrogens is 2. The molecule has 2 aliphatic heterocycles. The second-order valence-corrected chi connectivity index (χ2v) is 16.4. The third-order valence-corrected chi connectivity index (χ3v) is 13.0. The van der Waals surface area contributed by atoms with Crippen molar-refractivity contribution in [2.75, 3.05) is 20.8 Å². The molecule has 0 radical (unpaired) electrons. The summed E-state index contributed by atoms with van der Waals surface area (Å²) in [5, 5.41) is 9.40. The third kappa shape index (κ3) is 7.10. The number of alkyl halides is 1. The highest BCUT2D eigenvalue weighted by atomic mass is 31.2. The number of aryl methyl sites for hydroxylation is 1. The standard InChI is InChI=1S/C42H48FN4O9P/c1-26(2)47(27(3)4)57(52-23-11-22-44)56-40-24-34-42(54-34,38(40)53-37(35(40)43)46-25-28(5)36(48)45-39(46)49)55-41(29-12-9-8-10-13-29,30-14-18-32(50-6)19-15-30)31-16-20-33(51-7)21-17-31/h8-10,12-21,25-27,34-35,37-38H,11,23-24H2,1-7H3,(H,45,48,49)/t34-,35-,37+,38-,40-,42+,57?/m0/s1. The van der Waals surface area contributed by atoms with Crippen molar-refractivity contribution < 1.29 is 37.1 Å². The number of halogens is 1. The van der Waals surface area contributed by atoms with Crippen LogP contribution in [0.5, 0.6) is 11.5 Å². The first-order chi connectivity index (χ1) is 27.3. The van der Waals surface area contributed by atoms with Crippen LogP contribution in [0.25, 0.3) is 0 Å². The lowest BCUT2D eigenvalue weighted by Crippen LogP contribution is -2.53. The third-order valence-electron chi connectivity index (χ3n) is 10.8. The number of ether oxygens (including phenoxy) is 5. The van der Waals surface area contributed by atoms with Crippen molar-refractivity contribution in [2.24, 2.45) is 0 Å². The minimum atomic E-state index is -2.02. The van der Waals surface area contributed by atoms with Crippen LogP contribution in [0.3, 0.4) is 0 Å². The van der Waals surface area contributed by atoms with Gasteiger partial charge in [-0.15, -0.1) is 0 Å². The first-order valence-electron chi connectivity index (χ1n) is 19.0. The molecular weight excluding hydrogens is 754 g/mol. The van der Waals surface area contributed by atoms with Gasteiger partial charge in [-0.05, 0) is 75.6 Å². The van der Waals surface area contributed by atoms with Crippen LogP contribution >= 0.6 is 8.53 Å². The fourth-order valence-corrected chi connectivity index (χ4v) is 10.0. The Balaban J connectivity index is 1.42. The smallest absolute Gasteiger partial charge is 0.330 e. The molecule has 15 heteroatoms. The van der Waals surface area contributed by atoms with E-state index in [1.54, 1.807) is 14.2 Å². The largest absolute Gasteiger partial charge is 0.497 e. The SMILES string of the molecule is COc1ccc(C(O[C@]23O[C@H]2C[C@]2(OP(OCCC#N)N(C(C)C)C(C)C)[C@@H](F)[C@H](n4cc(C)c(=O)[nH]c4=O)O[C@@H]23)(c2ccccc2)c2ccc(OC)cc2)cc1. The molecule has 3 heterocycles. The van der Waals surface area contributed by atoms with Gasteiger partial charge in [0.05, 0.1) is 33.3 Å². The van der Waals surface area contributed by atoms with Gasteiger partial charge in [-0.25, -0.2) is 13.9 Å². The lowest BCUT2D eigenvalue weighted by Gasteiger charge is -2.43. The van der Waals surface area contributed by atoms with Gasteiger partial charge in [-0.1, -0.05) is 54.6 Å². The summed E-state index contributed by atoms with van der Waals surface area (Å²) in [4.78, 5) is 28.1. The summed E-state index contributed by atoms with van der Waals surface area (Å²) >= 11 is 0. The molecule has 1 unspecified atom stereocenters. The molecule has 0 bridgehead atoms. The number of nitriles is 1. The number of rotatable bonds is 16. The number of H-pyrrole nitrogens is 1. The Morgan fingerprint density at radius 1 is 0.965 bits per heavy atom. The average molecular weight is 803 g/mol. The van der Waals surface area contributed by atoms with Crippen LogP contribution in [0.2, 0.25) is 0 Å². The van der Waals surface area contributed by atoms with E-state index in [1.807, 2.05) is 111 Å². The normalized spacial score (nSPS) is 25.6. The van der Waals surface area contributed by atoms with Crippen LogP contribution in [0, 0.1) is 18.3 Å². The molecule has 1 N–H and O–H groups in total. The molecule has 3 fully saturated rings. The number of hydrogen-bond acceptors (Lipinski definition) is 11. The predicted octanol–water partition coefficient (Wildman–Crippen LogP) is 6.64. The van der Waals surface area contributed by atoms with Crippen LogP contribution in [-0.2, 0) is 28.9 Å². The van der Waals surface area contributed by atoms with E-state index < -0.39 is 61.4 Å². The molecule has 3 aromatic carbocycles. The molecule has 7 atom stereocenters. The lowest BCUT2D eigenvalue weighted by atomic mass is 9.79. The van der Waals surface area contributed by atoms with Gasteiger partial charge in [0, 0.05) is 30.3 Å². The zero-order valence-corrected chi connectivity index (χ0v) is 33.9. The molecule has 1 saturated carbocycles. The molecule has 4 aromatic rings. The molecule has 57 heavy (non-hydrogen) atoms. The summed E-state index contributed by atoms with van der Waals surface area (Å²) in [5.41, 5.74) is -2.23. The Morgan fingerprint density at radius 3 is 2.09 bits per heavy atom. The number of benzene rings is 3. The predicted molar refractivity (Wildman–Crippen MR) is 210 cm³/mol. The minimum Gasteiger partial charge on any atom is -0.497 e. The molecule has 1 aromatic heterocycles. The summed E-state index contributed by atoms with van der Waals surface area (Å²) < 4.78 is 66.1. The summed E-state index contributed by atoms with van der Waals surface area (Å²) in [6.45, 7) is 9.53.